The molecule has 0 atom stereocenters. The molecule has 4 nitrogen and oxygen atoms in total. The number of aliphatic imine (C=N–C) groups is 1. The molecule has 5 heteroatoms. The summed E-state index contributed by atoms with van der Waals surface area (Å²) >= 11 is 1.66. The molecule has 0 radical (unpaired) electrons. The third-order valence-corrected chi connectivity index (χ3v) is 3.50. The summed E-state index contributed by atoms with van der Waals surface area (Å²) in [5.74, 6) is 1.81. The summed E-state index contributed by atoms with van der Waals surface area (Å²) in [6.45, 7) is 9.66. The fraction of sp³-hybridized carbons (Fsp3) is 0.294. The Morgan fingerprint density at radius 2 is 2.09 bits per heavy atom. The lowest BCUT2D eigenvalue weighted by molar-refractivity contribution is -0.131. The second kappa shape index (κ2) is 9.84. The molecular formula is C17H22N2O2S. The maximum absolute atomic E-state index is 12.4. The molecule has 0 aromatic heterocycles. The molecule has 0 saturated carbocycles. The van der Waals surface area contributed by atoms with Gasteiger partial charge in [-0.1, -0.05) is 30.4 Å². The van der Waals surface area contributed by atoms with Crippen LogP contribution in [-0.2, 0) is 4.79 Å². The number of rotatable bonds is 9. The molecule has 0 aliphatic rings. The molecule has 0 saturated heterocycles. The van der Waals surface area contributed by atoms with Gasteiger partial charge in [0, 0.05) is 12.3 Å². The quantitative estimate of drug-likeness (QED) is 0.518. The Hall–Kier alpha value is -2.01. The number of carbonyl (C=O) groups excluding carboxylic acids is 1. The zero-order valence-corrected chi connectivity index (χ0v) is 13.9. The summed E-state index contributed by atoms with van der Waals surface area (Å²) in [7, 11) is 0. The number of hydrogen-bond donors (Lipinski definition) is 0. The van der Waals surface area contributed by atoms with Crippen LogP contribution >= 0.6 is 11.8 Å². The van der Waals surface area contributed by atoms with Gasteiger partial charge in [-0.3, -0.25) is 9.69 Å². The number of ether oxygens (including phenoxy) is 1. The first kappa shape index (κ1) is 18.0. The van der Waals surface area contributed by atoms with Crippen molar-refractivity contribution in [3.8, 4) is 5.75 Å². The van der Waals surface area contributed by atoms with Gasteiger partial charge >= 0.3 is 0 Å². The highest BCUT2D eigenvalue weighted by Gasteiger charge is 2.17. The van der Waals surface area contributed by atoms with Crippen molar-refractivity contribution in [1.29, 1.82) is 0 Å². The van der Waals surface area contributed by atoms with Crippen molar-refractivity contribution in [2.24, 2.45) is 4.99 Å². The smallest absolute Gasteiger partial charge is 0.266 e. The summed E-state index contributed by atoms with van der Waals surface area (Å²) < 4.78 is 5.54. The lowest BCUT2D eigenvalue weighted by Crippen LogP contribution is -2.35. The monoisotopic (exact) mass is 318 g/mol. The van der Waals surface area contributed by atoms with Crippen molar-refractivity contribution in [2.75, 3.05) is 25.2 Å². The Balaban J connectivity index is 2.74. The van der Waals surface area contributed by atoms with E-state index < -0.39 is 0 Å². The standard InChI is InChI=1S/C17H22N2O2S/c1-5-6-16(18-3)19(11-12-22-4)17(20)13-21-15-9-7-14(2)8-10-15/h5-10H,1,3,11-13H2,2,4H3/b16-6+. The maximum Gasteiger partial charge on any atom is 0.266 e. The van der Waals surface area contributed by atoms with Crippen LogP contribution in [0.5, 0.6) is 5.75 Å². The van der Waals surface area contributed by atoms with Gasteiger partial charge in [0.25, 0.3) is 5.91 Å². The predicted molar refractivity (Wildman–Crippen MR) is 94.6 cm³/mol. The predicted octanol–water partition coefficient (Wildman–Crippen LogP) is 3.29. The second-order valence-corrected chi connectivity index (χ2v) is 5.54. The lowest BCUT2D eigenvalue weighted by atomic mass is 10.2. The van der Waals surface area contributed by atoms with E-state index >= 15 is 0 Å². The molecule has 0 heterocycles. The van der Waals surface area contributed by atoms with E-state index in [1.807, 2.05) is 37.4 Å². The number of allylic oxidation sites excluding steroid dienone is 2. The summed E-state index contributed by atoms with van der Waals surface area (Å²) in [4.78, 5) is 17.9. The lowest BCUT2D eigenvalue weighted by Gasteiger charge is -2.22. The molecule has 118 valence electrons. The molecule has 0 aliphatic carbocycles. The number of carbonyl (C=O) groups is 1. The summed E-state index contributed by atoms with van der Waals surface area (Å²) in [6, 6.07) is 7.58. The average Bonchev–Trinajstić information content (AvgIpc) is 2.53. The van der Waals surface area contributed by atoms with E-state index in [-0.39, 0.29) is 12.5 Å². The Labute approximate surface area is 136 Å². The van der Waals surface area contributed by atoms with Gasteiger partial charge in [0.15, 0.2) is 6.61 Å². The van der Waals surface area contributed by atoms with Crippen molar-refractivity contribution in [2.45, 2.75) is 6.92 Å². The van der Waals surface area contributed by atoms with Crippen LogP contribution in [-0.4, -0.2) is 42.7 Å². The van der Waals surface area contributed by atoms with Gasteiger partial charge in [-0.2, -0.15) is 11.8 Å². The van der Waals surface area contributed by atoms with Crippen LogP contribution in [0.15, 0.2) is 53.8 Å². The fourth-order valence-electron chi connectivity index (χ4n) is 1.74. The normalized spacial score (nSPS) is 10.9. The third kappa shape index (κ3) is 5.77. The van der Waals surface area contributed by atoms with Gasteiger partial charge in [-0.15, -0.1) is 0 Å². The van der Waals surface area contributed by atoms with Gasteiger partial charge in [0.2, 0.25) is 0 Å². The van der Waals surface area contributed by atoms with Gasteiger partial charge in [-0.05, 0) is 38.1 Å². The summed E-state index contributed by atoms with van der Waals surface area (Å²) in [6.07, 6.45) is 5.24. The van der Waals surface area contributed by atoms with Crippen LogP contribution in [0.1, 0.15) is 5.56 Å². The molecule has 0 bridgehead atoms. The molecule has 1 aromatic rings. The van der Waals surface area contributed by atoms with Crippen molar-refractivity contribution < 1.29 is 9.53 Å². The minimum atomic E-state index is -0.157. The molecule has 1 rings (SSSR count). The van der Waals surface area contributed by atoms with Crippen LogP contribution in [0.2, 0.25) is 0 Å². The van der Waals surface area contributed by atoms with Crippen LogP contribution in [0.4, 0.5) is 0 Å². The molecule has 0 spiro atoms. The van der Waals surface area contributed by atoms with Crippen LogP contribution in [0.25, 0.3) is 0 Å². The molecular weight excluding hydrogens is 296 g/mol. The zero-order valence-electron chi connectivity index (χ0n) is 13.1. The number of hydrogen-bond acceptors (Lipinski definition) is 4. The van der Waals surface area contributed by atoms with E-state index in [1.54, 1.807) is 28.8 Å². The Kier molecular flexibility index (Phi) is 8.07. The SMILES string of the molecule is C=C/C=C(\N=C)N(CCSC)C(=O)COc1ccc(C)cc1. The highest BCUT2D eigenvalue weighted by atomic mass is 32.2. The Bertz CT molecular complexity index is 538. The third-order valence-electron chi connectivity index (χ3n) is 2.91. The fourth-order valence-corrected chi connectivity index (χ4v) is 2.11. The molecule has 0 N–H and O–H groups in total. The first-order valence-corrected chi connectivity index (χ1v) is 8.30. The second-order valence-electron chi connectivity index (χ2n) is 4.56. The summed E-state index contributed by atoms with van der Waals surface area (Å²) in [5, 5.41) is 0. The number of aryl methyl sites for hydroxylation is 1. The van der Waals surface area contributed by atoms with E-state index in [0.717, 1.165) is 11.3 Å². The molecule has 0 aliphatic heterocycles. The molecule has 0 fully saturated rings. The first-order valence-electron chi connectivity index (χ1n) is 6.90. The highest BCUT2D eigenvalue weighted by molar-refractivity contribution is 7.98. The molecule has 1 aromatic carbocycles. The average molecular weight is 318 g/mol. The largest absolute Gasteiger partial charge is 0.484 e. The molecule has 22 heavy (non-hydrogen) atoms. The van der Waals surface area contributed by atoms with Crippen molar-refractivity contribution >= 4 is 24.4 Å². The van der Waals surface area contributed by atoms with E-state index in [1.165, 1.54) is 0 Å². The van der Waals surface area contributed by atoms with Gasteiger partial charge < -0.3 is 4.74 Å². The number of nitrogens with zero attached hydrogens (tertiary/aromatic N) is 2. The number of benzene rings is 1. The topological polar surface area (TPSA) is 41.9 Å². The van der Waals surface area contributed by atoms with Gasteiger partial charge in [-0.25, -0.2) is 4.99 Å². The van der Waals surface area contributed by atoms with E-state index in [0.29, 0.717) is 18.1 Å². The zero-order chi connectivity index (χ0) is 16.4. The van der Waals surface area contributed by atoms with Crippen molar-refractivity contribution in [3.63, 3.8) is 0 Å². The highest BCUT2D eigenvalue weighted by Crippen LogP contribution is 2.13. The van der Waals surface area contributed by atoms with Crippen molar-refractivity contribution in [3.05, 3.63) is 54.4 Å². The van der Waals surface area contributed by atoms with Crippen LogP contribution < -0.4 is 4.74 Å². The number of thioether (sulfide) groups is 1. The number of amides is 1. The minimum absolute atomic E-state index is 0.0402. The minimum Gasteiger partial charge on any atom is -0.484 e. The van der Waals surface area contributed by atoms with E-state index in [4.69, 9.17) is 4.74 Å². The Morgan fingerprint density at radius 1 is 1.41 bits per heavy atom. The van der Waals surface area contributed by atoms with Crippen LogP contribution in [0.3, 0.4) is 0 Å². The van der Waals surface area contributed by atoms with Gasteiger partial charge in [0.1, 0.15) is 11.6 Å². The Morgan fingerprint density at radius 3 is 2.64 bits per heavy atom. The van der Waals surface area contributed by atoms with E-state index in [9.17, 15) is 4.79 Å². The maximum atomic E-state index is 12.4. The van der Waals surface area contributed by atoms with Crippen molar-refractivity contribution in [1.82, 2.24) is 4.90 Å². The molecule has 0 unspecified atom stereocenters. The van der Waals surface area contributed by atoms with Gasteiger partial charge in [0.05, 0.1) is 0 Å². The summed E-state index contributed by atoms with van der Waals surface area (Å²) in [5.41, 5.74) is 1.15. The first-order chi connectivity index (χ1) is 10.6. The molecule has 1 amide bonds. The van der Waals surface area contributed by atoms with Crippen LogP contribution in [0, 0.1) is 6.92 Å². The van der Waals surface area contributed by atoms with E-state index in [2.05, 4.69) is 18.3 Å².